The van der Waals surface area contributed by atoms with Gasteiger partial charge in [-0.15, -0.1) is 0 Å². The zero-order valence-electron chi connectivity index (χ0n) is 6.86. The van der Waals surface area contributed by atoms with Crippen molar-refractivity contribution in [1.82, 2.24) is 0 Å². The molecule has 0 bridgehead atoms. The van der Waals surface area contributed by atoms with Crippen LogP contribution in [0.15, 0.2) is 0 Å². The molecule has 0 N–H and O–H groups in total. The Kier molecular flexibility index (Phi) is 3.41. The minimum absolute atomic E-state index is 0.695. The van der Waals surface area contributed by atoms with Gasteiger partial charge >= 0.3 is 5.69 Å². The first-order valence-electron chi connectivity index (χ1n) is 3.47. The van der Waals surface area contributed by atoms with E-state index in [0.29, 0.717) is 0 Å². The summed E-state index contributed by atoms with van der Waals surface area (Å²) in [4.78, 5) is 8.95. The lowest BCUT2D eigenvalue weighted by molar-refractivity contribution is -0.390. The van der Waals surface area contributed by atoms with Crippen molar-refractivity contribution >= 4 is 28.9 Å². The Balaban J connectivity index is 3.68. The van der Waals surface area contributed by atoms with Crippen molar-refractivity contribution < 1.29 is 18.1 Å². The molecule has 15 heavy (non-hydrogen) atoms. The van der Waals surface area contributed by atoms with E-state index in [2.05, 4.69) is 0 Å². The second kappa shape index (κ2) is 4.24. The maximum atomic E-state index is 13.2. The Bertz CT molecular complexity index is 439. The fourth-order valence-corrected chi connectivity index (χ4v) is 1.37. The second-order valence-corrected chi connectivity index (χ2v) is 3.23. The van der Waals surface area contributed by atoms with Gasteiger partial charge in [0.15, 0.2) is 0 Å². The molecule has 1 aromatic carbocycles. The molecule has 0 aliphatic rings. The van der Waals surface area contributed by atoms with Crippen LogP contribution in [0.1, 0.15) is 5.56 Å². The fourth-order valence-electron chi connectivity index (χ4n) is 0.946. The zero-order chi connectivity index (χ0) is 11.7. The Labute approximate surface area is 91.6 Å². The molecule has 0 amide bonds. The number of hydrogen-bond acceptors (Lipinski definition) is 2. The van der Waals surface area contributed by atoms with Crippen LogP contribution in [0.3, 0.4) is 0 Å². The van der Waals surface area contributed by atoms with Crippen LogP contribution in [0.25, 0.3) is 0 Å². The van der Waals surface area contributed by atoms with Gasteiger partial charge in [0.1, 0.15) is 11.7 Å². The van der Waals surface area contributed by atoms with Crippen molar-refractivity contribution in [3.63, 3.8) is 0 Å². The van der Waals surface area contributed by atoms with Crippen molar-refractivity contribution in [2.45, 2.75) is 6.67 Å². The van der Waals surface area contributed by atoms with E-state index < -0.39 is 44.5 Å². The predicted octanol–water partition coefficient (Wildman–Crippen LogP) is 3.65. The van der Waals surface area contributed by atoms with Crippen LogP contribution in [0.2, 0.25) is 10.0 Å². The SMILES string of the molecule is O=[N+]([O-])c1c(F)c(Cl)c(Cl)c(CF)c1F. The van der Waals surface area contributed by atoms with Gasteiger partial charge in [0.2, 0.25) is 11.6 Å². The van der Waals surface area contributed by atoms with E-state index in [4.69, 9.17) is 23.2 Å². The third-order valence-electron chi connectivity index (χ3n) is 1.65. The molecular formula is C7H2Cl2F3NO2. The number of alkyl halides is 1. The van der Waals surface area contributed by atoms with Gasteiger partial charge in [0.25, 0.3) is 0 Å². The van der Waals surface area contributed by atoms with E-state index in [-0.39, 0.29) is 0 Å². The van der Waals surface area contributed by atoms with Crippen LogP contribution < -0.4 is 0 Å². The Hall–Kier alpha value is -1.01. The maximum absolute atomic E-state index is 13.2. The molecule has 0 radical (unpaired) electrons. The molecule has 3 nitrogen and oxygen atoms in total. The third kappa shape index (κ3) is 1.87. The number of halogens is 5. The van der Waals surface area contributed by atoms with E-state index in [1.807, 2.05) is 0 Å². The van der Waals surface area contributed by atoms with Gasteiger partial charge in [-0.2, -0.15) is 8.78 Å². The van der Waals surface area contributed by atoms with E-state index in [0.717, 1.165) is 0 Å². The van der Waals surface area contributed by atoms with Crippen LogP contribution in [0.4, 0.5) is 18.9 Å². The molecule has 0 heterocycles. The predicted molar refractivity (Wildman–Crippen MR) is 47.8 cm³/mol. The lowest BCUT2D eigenvalue weighted by atomic mass is 10.2. The van der Waals surface area contributed by atoms with Crippen molar-refractivity contribution in [3.05, 3.63) is 37.4 Å². The molecule has 82 valence electrons. The molecule has 1 aromatic rings. The first-order valence-corrected chi connectivity index (χ1v) is 4.22. The van der Waals surface area contributed by atoms with E-state index >= 15 is 0 Å². The molecule has 0 spiro atoms. The summed E-state index contributed by atoms with van der Waals surface area (Å²) in [7, 11) is 0. The molecule has 1 rings (SSSR count). The van der Waals surface area contributed by atoms with Crippen molar-refractivity contribution in [3.8, 4) is 0 Å². The highest BCUT2D eigenvalue weighted by atomic mass is 35.5. The normalized spacial score (nSPS) is 10.5. The average Bonchev–Trinajstić information content (AvgIpc) is 2.15. The van der Waals surface area contributed by atoms with E-state index in [1.165, 1.54) is 0 Å². The van der Waals surface area contributed by atoms with E-state index in [1.54, 1.807) is 0 Å². The van der Waals surface area contributed by atoms with Gasteiger partial charge < -0.3 is 0 Å². The molecule has 0 fully saturated rings. The van der Waals surface area contributed by atoms with Crippen LogP contribution in [0.5, 0.6) is 0 Å². The van der Waals surface area contributed by atoms with Crippen molar-refractivity contribution in [2.75, 3.05) is 0 Å². The summed E-state index contributed by atoms with van der Waals surface area (Å²) in [5.41, 5.74) is -2.33. The maximum Gasteiger partial charge on any atom is 0.342 e. The Morgan fingerprint density at radius 3 is 2.13 bits per heavy atom. The van der Waals surface area contributed by atoms with E-state index in [9.17, 15) is 23.3 Å². The highest BCUT2D eigenvalue weighted by Gasteiger charge is 2.30. The topological polar surface area (TPSA) is 43.1 Å². The lowest BCUT2D eigenvalue weighted by Gasteiger charge is -2.05. The monoisotopic (exact) mass is 259 g/mol. The number of nitro groups is 1. The van der Waals surface area contributed by atoms with Gasteiger partial charge in [0.05, 0.1) is 9.95 Å². The van der Waals surface area contributed by atoms with Crippen LogP contribution in [-0.2, 0) is 6.67 Å². The lowest BCUT2D eigenvalue weighted by Crippen LogP contribution is -2.02. The van der Waals surface area contributed by atoms with Gasteiger partial charge in [-0.3, -0.25) is 10.1 Å². The molecular weight excluding hydrogens is 258 g/mol. The minimum Gasteiger partial charge on any atom is -0.258 e. The molecule has 0 saturated carbocycles. The molecule has 0 aliphatic carbocycles. The molecule has 0 saturated heterocycles. The smallest absolute Gasteiger partial charge is 0.258 e. The largest absolute Gasteiger partial charge is 0.342 e. The molecule has 8 heteroatoms. The summed E-state index contributed by atoms with van der Waals surface area (Å²) in [6.07, 6.45) is 0. The van der Waals surface area contributed by atoms with Crippen LogP contribution >= 0.6 is 23.2 Å². The first kappa shape index (κ1) is 12.1. The summed E-state index contributed by atoms with van der Waals surface area (Å²) < 4.78 is 38.5. The van der Waals surface area contributed by atoms with Crippen LogP contribution in [-0.4, -0.2) is 4.92 Å². The van der Waals surface area contributed by atoms with Gasteiger partial charge in [-0.25, -0.2) is 4.39 Å². The molecule has 0 unspecified atom stereocenters. The van der Waals surface area contributed by atoms with Crippen molar-refractivity contribution in [2.24, 2.45) is 0 Å². The fraction of sp³-hybridized carbons (Fsp3) is 0.143. The highest BCUT2D eigenvalue weighted by molar-refractivity contribution is 6.42. The summed E-state index contributed by atoms with van der Waals surface area (Å²) in [6.45, 7) is -1.41. The Morgan fingerprint density at radius 2 is 1.73 bits per heavy atom. The number of hydrogen-bond donors (Lipinski definition) is 0. The average molecular weight is 260 g/mol. The first-order chi connectivity index (χ1) is 6.91. The second-order valence-electron chi connectivity index (χ2n) is 2.47. The summed E-state index contributed by atoms with van der Waals surface area (Å²) in [5.74, 6) is -3.25. The summed E-state index contributed by atoms with van der Waals surface area (Å²) in [5, 5.41) is 8.72. The van der Waals surface area contributed by atoms with Gasteiger partial charge in [0, 0.05) is 5.56 Å². The third-order valence-corrected chi connectivity index (χ3v) is 2.52. The minimum atomic E-state index is -1.64. The van der Waals surface area contributed by atoms with Gasteiger partial charge in [-0.05, 0) is 0 Å². The summed E-state index contributed by atoms with van der Waals surface area (Å²) >= 11 is 10.5. The molecule has 0 atom stereocenters. The number of nitrogens with zero attached hydrogens (tertiary/aromatic N) is 1. The standard InChI is InChI=1S/C7H2Cl2F3NO2/c8-3-2(1-10)5(11)7(13(14)15)6(12)4(3)9/h1H2. The van der Waals surface area contributed by atoms with Crippen LogP contribution in [0, 0.1) is 21.7 Å². The summed E-state index contributed by atoms with van der Waals surface area (Å²) in [6, 6.07) is 0. The highest BCUT2D eigenvalue weighted by Crippen LogP contribution is 2.37. The van der Waals surface area contributed by atoms with Crippen molar-refractivity contribution in [1.29, 1.82) is 0 Å². The quantitative estimate of drug-likeness (QED) is 0.352. The van der Waals surface area contributed by atoms with Gasteiger partial charge in [-0.1, -0.05) is 23.2 Å². The number of nitro benzene ring substituents is 1. The zero-order valence-corrected chi connectivity index (χ0v) is 8.37. The Morgan fingerprint density at radius 1 is 1.20 bits per heavy atom. The number of benzene rings is 1. The molecule has 0 aliphatic heterocycles. The number of rotatable bonds is 2. The molecule has 0 aromatic heterocycles.